The lowest BCUT2D eigenvalue weighted by Crippen LogP contribution is -2.29. The van der Waals surface area contributed by atoms with Gasteiger partial charge in [0.2, 0.25) is 14.9 Å². The van der Waals surface area contributed by atoms with Gasteiger partial charge in [-0.05, 0) is 55.5 Å². The van der Waals surface area contributed by atoms with Crippen LogP contribution in [0.4, 0.5) is 0 Å². The predicted molar refractivity (Wildman–Crippen MR) is 106 cm³/mol. The molecule has 0 fully saturated rings. The van der Waals surface area contributed by atoms with Crippen molar-refractivity contribution in [2.24, 2.45) is 0 Å². The van der Waals surface area contributed by atoms with Gasteiger partial charge in [-0.2, -0.15) is 0 Å². The minimum Gasteiger partial charge on any atom is -0.467 e. The average molecular weight is 425 g/mol. The summed E-state index contributed by atoms with van der Waals surface area (Å²) >= 11 is 0. The Bertz CT molecular complexity index is 1240. The molecule has 0 aliphatic rings. The quantitative estimate of drug-likeness (QED) is 0.434. The Balaban J connectivity index is 1.61. The van der Waals surface area contributed by atoms with Gasteiger partial charge in [-0.15, -0.1) is 0 Å². The molecule has 0 unspecified atom stereocenters. The number of hydrogen-bond acceptors (Lipinski definition) is 6. The first-order valence-corrected chi connectivity index (χ1v) is 10.7. The molecule has 3 aromatic heterocycles. The Kier molecular flexibility index (Phi) is 5.33. The van der Waals surface area contributed by atoms with Gasteiger partial charge in [0.05, 0.1) is 24.2 Å². The fourth-order valence-electron chi connectivity index (χ4n) is 3.00. The largest absolute Gasteiger partial charge is 0.467 e. The first kappa shape index (κ1) is 19.8. The third-order valence-electron chi connectivity index (χ3n) is 4.47. The van der Waals surface area contributed by atoms with Crippen LogP contribution in [0, 0.1) is 6.92 Å². The van der Waals surface area contributed by atoms with Crippen LogP contribution in [0.5, 0.6) is 0 Å². The van der Waals surface area contributed by atoms with Crippen LogP contribution in [0.1, 0.15) is 27.8 Å². The van der Waals surface area contributed by atoms with E-state index in [2.05, 4.69) is 0 Å². The fraction of sp³-hybridized carbons (Fsp3) is 0.136. The molecule has 0 atom stereocenters. The second-order valence-corrected chi connectivity index (χ2v) is 8.57. The molecule has 0 aliphatic heterocycles. The van der Waals surface area contributed by atoms with Crippen LogP contribution < -0.4 is 0 Å². The van der Waals surface area contributed by atoms with Crippen LogP contribution in [0.25, 0.3) is 0 Å². The Morgan fingerprint density at radius 1 is 0.867 bits per heavy atom. The van der Waals surface area contributed by atoms with Gasteiger partial charge < -0.3 is 18.2 Å². The summed E-state index contributed by atoms with van der Waals surface area (Å²) < 4.78 is 41.9. The van der Waals surface area contributed by atoms with Crippen molar-refractivity contribution in [3.05, 3.63) is 96.0 Å². The third-order valence-corrected chi connectivity index (χ3v) is 6.11. The second kappa shape index (κ2) is 8.08. The molecule has 30 heavy (non-hydrogen) atoms. The number of amides is 1. The molecular formula is C22H19NO6S. The van der Waals surface area contributed by atoms with Gasteiger partial charge in [0.15, 0.2) is 5.76 Å². The van der Waals surface area contributed by atoms with E-state index in [9.17, 15) is 13.2 Å². The monoisotopic (exact) mass is 425 g/mol. The lowest BCUT2D eigenvalue weighted by Gasteiger charge is -2.19. The molecule has 154 valence electrons. The number of rotatable bonds is 7. The Hall–Kier alpha value is -3.52. The highest BCUT2D eigenvalue weighted by atomic mass is 32.2. The van der Waals surface area contributed by atoms with E-state index in [4.69, 9.17) is 13.3 Å². The van der Waals surface area contributed by atoms with Crippen LogP contribution in [-0.4, -0.2) is 19.2 Å². The average Bonchev–Trinajstić information content (AvgIpc) is 3.50. The summed E-state index contributed by atoms with van der Waals surface area (Å²) in [5.41, 5.74) is 0. The molecule has 0 saturated carbocycles. The maximum atomic E-state index is 13.1. The summed E-state index contributed by atoms with van der Waals surface area (Å²) in [7, 11) is -3.86. The van der Waals surface area contributed by atoms with Crippen molar-refractivity contribution in [2.45, 2.75) is 30.0 Å². The van der Waals surface area contributed by atoms with Crippen molar-refractivity contribution in [1.29, 1.82) is 0 Å². The van der Waals surface area contributed by atoms with Crippen LogP contribution in [0.3, 0.4) is 0 Å². The number of carbonyl (C=O) groups excluding carboxylic acids is 1. The molecule has 8 heteroatoms. The third kappa shape index (κ3) is 4.08. The molecule has 4 rings (SSSR count). The molecule has 0 saturated heterocycles. The van der Waals surface area contributed by atoms with E-state index < -0.39 is 15.7 Å². The summed E-state index contributed by atoms with van der Waals surface area (Å²) in [6, 6.07) is 17.6. The zero-order valence-corrected chi connectivity index (χ0v) is 17.0. The molecular weight excluding hydrogens is 406 g/mol. The fourth-order valence-corrected chi connectivity index (χ4v) is 4.19. The number of benzene rings is 1. The standard InChI is InChI=1S/C22H19NO6S/c1-16-9-10-18(28-16)15-23(14-17-6-5-13-27-17)22(24)20-11-12-21(29-20)30(25,26)19-7-3-2-4-8-19/h2-13H,14-15H2,1H3. The van der Waals surface area contributed by atoms with Crippen molar-refractivity contribution < 1.29 is 26.5 Å². The Labute approximate surface area is 173 Å². The molecule has 0 N–H and O–H groups in total. The summed E-state index contributed by atoms with van der Waals surface area (Å²) in [4.78, 5) is 14.7. The van der Waals surface area contributed by atoms with E-state index in [-0.39, 0.29) is 28.8 Å². The number of hydrogen-bond donors (Lipinski definition) is 0. The van der Waals surface area contributed by atoms with Crippen LogP contribution in [0.15, 0.2) is 96.2 Å². The minimum atomic E-state index is -3.86. The normalized spacial score (nSPS) is 11.5. The van der Waals surface area contributed by atoms with Gasteiger partial charge in [-0.25, -0.2) is 8.42 Å². The van der Waals surface area contributed by atoms with Crippen LogP contribution in [0.2, 0.25) is 0 Å². The second-order valence-electron chi connectivity index (χ2n) is 6.69. The number of aryl methyl sites for hydroxylation is 1. The number of nitrogens with zero attached hydrogens (tertiary/aromatic N) is 1. The Morgan fingerprint density at radius 3 is 2.30 bits per heavy atom. The van der Waals surface area contributed by atoms with Crippen molar-refractivity contribution in [1.82, 2.24) is 4.90 Å². The molecule has 3 heterocycles. The SMILES string of the molecule is Cc1ccc(CN(Cc2ccco2)C(=O)c2ccc(S(=O)(=O)c3ccccc3)o2)o1. The molecule has 1 aromatic carbocycles. The highest BCUT2D eigenvalue weighted by Crippen LogP contribution is 2.24. The van der Waals surface area contributed by atoms with E-state index in [0.29, 0.717) is 11.5 Å². The summed E-state index contributed by atoms with van der Waals surface area (Å²) in [5.74, 6) is 1.34. The molecule has 1 amide bonds. The van der Waals surface area contributed by atoms with Crippen molar-refractivity contribution >= 4 is 15.7 Å². The van der Waals surface area contributed by atoms with E-state index in [1.54, 1.807) is 36.4 Å². The molecule has 0 radical (unpaired) electrons. The van der Waals surface area contributed by atoms with Gasteiger partial charge in [0.1, 0.15) is 17.3 Å². The summed E-state index contributed by atoms with van der Waals surface area (Å²) in [6.45, 7) is 2.16. The minimum absolute atomic E-state index is 0.0839. The number of sulfone groups is 1. The van der Waals surface area contributed by atoms with E-state index in [1.807, 2.05) is 13.0 Å². The van der Waals surface area contributed by atoms with Crippen LogP contribution in [-0.2, 0) is 22.9 Å². The van der Waals surface area contributed by atoms with E-state index >= 15 is 0 Å². The van der Waals surface area contributed by atoms with Gasteiger partial charge in [-0.1, -0.05) is 18.2 Å². The maximum absolute atomic E-state index is 13.1. The van der Waals surface area contributed by atoms with Gasteiger partial charge >= 0.3 is 0 Å². The smallest absolute Gasteiger partial charge is 0.290 e. The van der Waals surface area contributed by atoms with Gasteiger partial charge in [0.25, 0.3) is 5.91 Å². The topological polar surface area (TPSA) is 93.9 Å². The van der Waals surface area contributed by atoms with Crippen molar-refractivity contribution in [3.8, 4) is 0 Å². The van der Waals surface area contributed by atoms with E-state index in [1.165, 1.54) is 35.4 Å². The maximum Gasteiger partial charge on any atom is 0.290 e. The van der Waals surface area contributed by atoms with Gasteiger partial charge in [-0.3, -0.25) is 4.79 Å². The molecule has 0 bridgehead atoms. The zero-order chi connectivity index (χ0) is 21.1. The van der Waals surface area contributed by atoms with Crippen molar-refractivity contribution in [3.63, 3.8) is 0 Å². The Morgan fingerprint density at radius 2 is 1.63 bits per heavy atom. The first-order valence-electron chi connectivity index (χ1n) is 9.20. The first-order chi connectivity index (χ1) is 14.4. The van der Waals surface area contributed by atoms with Crippen LogP contribution >= 0.6 is 0 Å². The lowest BCUT2D eigenvalue weighted by atomic mass is 10.3. The number of carbonyl (C=O) groups is 1. The molecule has 0 spiro atoms. The highest BCUT2D eigenvalue weighted by molar-refractivity contribution is 7.91. The molecule has 7 nitrogen and oxygen atoms in total. The number of furan rings is 3. The zero-order valence-electron chi connectivity index (χ0n) is 16.1. The lowest BCUT2D eigenvalue weighted by molar-refractivity contribution is 0.0666. The predicted octanol–water partition coefficient (Wildman–Crippen LogP) is 4.45. The molecule has 4 aromatic rings. The highest BCUT2D eigenvalue weighted by Gasteiger charge is 2.26. The van der Waals surface area contributed by atoms with Gasteiger partial charge in [0, 0.05) is 0 Å². The summed E-state index contributed by atoms with van der Waals surface area (Å²) in [6.07, 6.45) is 1.52. The molecule has 0 aliphatic carbocycles. The van der Waals surface area contributed by atoms with E-state index in [0.717, 1.165) is 5.76 Å². The van der Waals surface area contributed by atoms with Crippen molar-refractivity contribution in [2.75, 3.05) is 0 Å². The summed E-state index contributed by atoms with van der Waals surface area (Å²) in [5, 5.41) is -0.288.